The van der Waals surface area contributed by atoms with Crippen molar-refractivity contribution in [1.82, 2.24) is 9.29 Å². The van der Waals surface area contributed by atoms with Gasteiger partial charge in [0.15, 0.2) is 0 Å². The van der Waals surface area contributed by atoms with E-state index in [0.29, 0.717) is 13.0 Å². The number of nitrogen functional groups attached to an aromatic ring is 1. The average molecular weight is 272 g/mol. The van der Waals surface area contributed by atoms with Gasteiger partial charge in [-0.15, -0.1) is 0 Å². The van der Waals surface area contributed by atoms with Gasteiger partial charge < -0.3 is 10.5 Å². The maximum Gasteiger partial charge on any atom is 0.243 e. The number of hydrazine groups is 1. The molecule has 1 unspecified atom stereocenters. The standard InChI is InChI=1S/C10H16N4O3S/c11-13-10-6-9(3-4-12-10)18(16,17)14-5-1-2-8(14)7-15/h3-4,6,8,15H,1-2,5,7,11H2,(H,12,13). The zero-order valence-corrected chi connectivity index (χ0v) is 10.6. The minimum Gasteiger partial charge on any atom is -0.395 e. The topological polar surface area (TPSA) is 109 Å². The van der Waals surface area contributed by atoms with Crippen LogP contribution >= 0.6 is 0 Å². The van der Waals surface area contributed by atoms with E-state index >= 15 is 0 Å². The summed E-state index contributed by atoms with van der Waals surface area (Å²) in [5.41, 5.74) is 2.31. The lowest BCUT2D eigenvalue weighted by molar-refractivity contribution is 0.213. The van der Waals surface area contributed by atoms with Crippen LogP contribution in [0, 0.1) is 0 Å². The normalized spacial score (nSPS) is 21.1. The average Bonchev–Trinajstić information content (AvgIpc) is 2.88. The molecule has 1 aromatic heterocycles. The van der Waals surface area contributed by atoms with Crippen LogP contribution in [0.15, 0.2) is 23.2 Å². The molecule has 7 nitrogen and oxygen atoms in total. The molecule has 18 heavy (non-hydrogen) atoms. The highest BCUT2D eigenvalue weighted by Crippen LogP contribution is 2.26. The number of anilines is 1. The molecule has 0 spiro atoms. The van der Waals surface area contributed by atoms with E-state index in [0.717, 1.165) is 6.42 Å². The molecule has 2 heterocycles. The van der Waals surface area contributed by atoms with E-state index in [1.807, 2.05) is 0 Å². The maximum absolute atomic E-state index is 12.4. The van der Waals surface area contributed by atoms with Gasteiger partial charge in [0.05, 0.1) is 11.5 Å². The molecule has 2 rings (SSSR count). The van der Waals surface area contributed by atoms with Gasteiger partial charge in [0, 0.05) is 24.8 Å². The summed E-state index contributed by atoms with van der Waals surface area (Å²) in [5, 5.41) is 9.20. The van der Waals surface area contributed by atoms with Crippen LogP contribution in [0.5, 0.6) is 0 Å². The van der Waals surface area contributed by atoms with Gasteiger partial charge in [-0.2, -0.15) is 4.31 Å². The molecule has 1 aromatic rings. The highest BCUT2D eigenvalue weighted by molar-refractivity contribution is 7.89. The van der Waals surface area contributed by atoms with E-state index < -0.39 is 10.0 Å². The van der Waals surface area contributed by atoms with Crippen molar-refractivity contribution in [3.8, 4) is 0 Å². The SMILES string of the molecule is NNc1cc(S(=O)(=O)N2CCCC2CO)ccn1. The monoisotopic (exact) mass is 272 g/mol. The number of nitrogens with one attached hydrogen (secondary N) is 1. The molecule has 4 N–H and O–H groups in total. The summed E-state index contributed by atoms with van der Waals surface area (Å²) in [7, 11) is -3.59. The Labute approximate surface area is 106 Å². The summed E-state index contributed by atoms with van der Waals surface area (Å²) in [6, 6.07) is 2.46. The zero-order valence-electron chi connectivity index (χ0n) is 9.78. The molecule has 100 valence electrons. The number of nitrogens with two attached hydrogens (primary N) is 1. The third-order valence-corrected chi connectivity index (χ3v) is 4.97. The van der Waals surface area contributed by atoms with Gasteiger partial charge in [0.25, 0.3) is 0 Å². The second-order valence-electron chi connectivity index (χ2n) is 4.12. The van der Waals surface area contributed by atoms with Crippen molar-refractivity contribution in [2.24, 2.45) is 5.84 Å². The van der Waals surface area contributed by atoms with Crippen molar-refractivity contribution in [3.63, 3.8) is 0 Å². The number of pyridine rings is 1. The lowest BCUT2D eigenvalue weighted by atomic mass is 10.2. The Hall–Kier alpha value is -1.22. The maximum atomic E-state index is 12.4. The molecule has 0 saturated carbocycles. The molecule has 8 heteroatoms. The number of hydrogen-bond donors (Lipinski definition) is 3. The summed E-state index contributed by atoms with van der Waals surface area (Å²) in [6.07, 6.45) is 2.83. The van der Waals surface area contributed by atoms with Gasteiger partial charge in [-0.25, -0.2) is 19.2 Å². The Kier molecular flexibility index (Phi) is 3.81. The van der Waals surface area contributed by atoms with Gasteiger partial charge in [-0.3, -0.25) is 0 Å². The molecular weight excluding hydrogens is 256 g/mol. The van der Waals surface area contributed by atoms with Crippen LogP contribution in [0.3, 0.4) is 0 Å². The number of hydrogen-bond acceptors (Lipinski definition) is 6. The van der Waals surface area contributed by atoms with Crippen LogP contribution in [0.4, 0.5) is 5.82 Å². The van der Waals surface area contributed by atoms with Crippen LogP contribution in [0.25, 0.3) is 0 Å². The molecule has 0 amide bonds. The molecule has 1 fully saturated rings. The molecule has 1 aliphatic heterocycles. The van der Waals surface area contributed by atoms with Crippen LogP contribution in [-0.2, 0) is 10.0 Å². The first-order valence-electron chi connectivity index (χ1n) is 5.65. The smallest absolute Gasteiger partial charge is 0.243 e. The summed E-state index contributed by atoms with van der Waals surface area (Å²) in [4.78, 5) is 4.00. The summed E-state index contributed by atoms with van der Waals surface area (Å²) in [6.45, 7) is 0.271. The number of aliphatic hydroxyl groups is 1. The number of nitrogens with zero attached hydrogens (tertiary/aromatic N) is 2. The Morgan fingerprint density at radius 1 is 1.61 bits per heavy atom. The van der Waals surface area contributed by atoms with Crippen molar-refractivity contribution < 1.29 is 13.5 Å². The van der Waals surface area contributed by atoms with Crippen LogP contribution < -0.4 is 11.3 Å². The van der Waals surface area contributed by atoms with E-state index in [1.165, 1.54) is 22.6 Å². The van der Waals surface area contributed by atoms with E-state index in [-0.39, 0.29) is 23.4 Å². The minimum atomic E-state index is -3.59. The molecule has 1 saturated heterocycles. The molecular formula is C10H16N4O3S. The minimum absolute atomic E-state index is 0.130. The first-order valence-corrected chi connectivity index (χ1v) is 7.09. The lowest BCUT2D eigenvalue weighted by Crippen LogP contribution is -2.37. The number of sulfonamides is 1. The second kappa shape index (κ2) is 5.19. The van der Waals surface area contributed by atoms with Crippen molar-refractivity contribution >= 4 is 15.8 Å². The van der Waals surface area contributed by atoms with E-state index in [1.54, 1.807) is 0 Å². The molecule has 0 aliphatic carbocycles. The van der Waals surface area contributed by atoms with E-state index in [4.69, 9.17) is 5.84 Å². The van der Waals surface area contributed by atoms with Gasteiger partial charge in [-0.1, -0.05) is 0 Å². The Balaban J connectivity index is 2.35. The first kappa shape index (κ1) is 13.2. The lowest BCUT2D eigenvalue weighted by Gasteiger charge is -2.22. The Morgan fingerprint density at radius 2 is 2.39 bits per heavy atom. The fourth-order valence-corrected chi connectivity index (χ4v) is 3.79. The summed E-state index contributed by atoms with van der Waals surface area (Å²) >= 11 is 0. The van der Waals surface area contributed by atoms with Crippen LogP contribution in [0.2, 0.25) is 0 Å². The third-order valence-electron chi connectivity index (χ3n) is 3.02. The first-order chi connectivity index (χ1) is 8.59. The number of rotatable bonds is 4. The van der Waals surface area contributed by atoms with Crippen molar-refractivity contribution in [3.05, 3.63) is 18.3 Å². The number of aliphatic hydroxyl groups excluding tert-OH is 1. The third kappa shape index (κ3) is 2.32. The molecule has 0 bridgehead atoms. The zero-order chi connectivity index (χ0) is 13.2. The quantitative estimate of drug-likeness (QED) is 0.504. The van der Waals surface area contributed by atoms with Crippen molar-refractivity contribution in [2.45, 2.75) is 23.8 Å². The molecule has 1 atom stereocenters. The van der Waals surface area contributed by atoms with Gasteiger partial charge >= 0.3 is 0 Å². The fourth-order valence-electron chi connectivity index (χ4n) is 2.09. The summed E-state index contributed by atoms with van der Waals surface area (Å²) in [5.74, 6) is 5.50. The van der Waals surface area contributed by atoms with Crippen LogP contribution in [0.1, 0.15) is 12.8 Å². The van der Waals surface area contributed by atoms with Gasteiger partial charge in [-0.05, 0) is 18.9 Å². The predicted octanol–water partition coefficient (Wildman–Crippen LogP) is -0.487. The van der Waals surface area contributed by atoms with E-state index in [2.05, 4.69) is 10.4 Å². The van der Waals surface area contributed by atoms with Gasteiger partial charge in [0.1, 0.15) is 5.82 Å². The van der Waals surface area contributed by atoms with Crippen LogP contribution in [-0.4, -0.2) is 42.0 Å². The highest BCUT2D eigenvalue weighted by atomic mass is 32.2. The van der Waals surface area contributed by atoms with Gasteiger partial charge in [0.2, 0.25) is 10.0 Å². The van der Waals surface area contributed by atoms with Crippen molar-refractivity contribution in [2.75, 3.05) is 18.6 Å². The number of aromatic nitrogens is 1. The highest BCUT2D eigenvalue weighted by Gasteiger charge is 2.34. The largest absolute Gasteiger partial charge is 0.395 e. The molecule has 0 aromatic carbocycles. The second-order valence-corrected chi connectivity index (χ2v) is 6.01. The Morgan fingerprint density at radius 3 is 3.06 bits per heavy atom. The molecule has 1 aliphatic rings. The Bertz CT molecular complexity index is 520. The predicted molar refractivity (Wildman–Crippen MR) is 66.0 cm³/mol. The van der Waals surface area contributed by atoms with E-state index in [9.17, 15) is 13.5 Å². The summed E-state index contributed by atoms with van der Waals surface area (Å²) < 4.78 is 26.1. The fraction of sp³-hybridized carbons (Fsp3) is 0.500. The van der Waals surface area contributed by atoms with Crippen molar-refractivity contribution in [1.29, 1.82) is 0 Å². The molecule has 0 radical (unpaired) electrons.